The number of ketones is 1. The molecule has 27 heavy (non-hydrogen) atoms. The van der Waals surface area contributed by atoms with E-state index >= 15 is 0 Å². The third-order valence-electron chi connectivity index (χ3n) is 5.17. The number of amides is 1. The Labute approximate surface area is 161 Å². The van der Waals surface area contributed by atoms with Gasteiger partial charge in [-0.3, -0.25) is 9.59 Å². The van der Waals surface area contributed by atoms with Gasteiger partial charge in [-0.1, -0.05) is 54.6 Å². The molecule has 3 rings (SSSR count). The molecule has 1 unspecified atom stereocenters. The first-order valence-electron chi connectivity index (χ1n) is 9.88. The van der Waals surface area contributed by atoms with Crippen LogP contribution in [-0.2, 0) is 4.79 Å². The van der Waals surface area contributed by atoms with E-state index in [0.717, 1.165) is 30.6 Å². The van der Waals surface area contributed by atoms with E-state index in [1.165, 1.54) is 12.8 Å². The lowest BCUT2D eigenvalue weighted by Gasteiger charge is -2.22. The number of hydrogen-bond donors (Lipinski definition) is 2. The van der Waals surface area contributed by atoms with Crippen molar-refractivity contribution in [3.05, 3.63) is 60.2 Å². The number of nitrogens with one attached hydrogen (secondary N) is 2. The highest BCUT2D eigenvalue weighted by Gasteiger charge is 2.13. The lowest BCUT2D eigenvalue weighted by molar-refractivity contribution is -0.121. The van der Waals surface area contributed by atoms with Gasteiger partial charge >= 0.3 is 0 Å². The summed E-state index contributed by atoms with van der Waals surface area (Å²) in [6.07, 6.45) is 3.97. The fourth-order valence-electron chi connectivity index (χ4n) is 3.53. The van der Waals surface area contributed by atoms with Gasteiger partial charge in [0.05, 0.1) is 0 Å². The number of rotatable bonds is 8. The van der Waals surface area contributed by atoms with Crippen molar-refractivity contribution in [1.82, 2.24) is 10.6 Å². The Morgan fingerprint density at radius 2 is 1.70 bits per heavy atom. The van der Waals surface area contributed by atoms with Crippen LogP contribution in [0.3, 0.4) is 0 Å². The predicted molar refractivity (Wildman–Crippen MR) is 109 cm³/mol. The number of Topliss-reactive ketones (excluding diaryl/α,β-unsaturated/α-hetero) is 1. The van der Waals surface area contributed by atoms with Crippen molar-refractivity contribution in [2.45, 2.75) is 32.1 Å². The van der Waals surface area contributed by atoms with E-state index < -0.39 is 0 Å². The molecule has 2 N–H and O–H groups in total. The normalized spacial score (nSPS) is 16.7. The van der Waals surface area contributed by atoms with E-state index in [1.54, 1.807) is 0 Å². The summed E-state index contributed by atoms with van der Waals surface area (Å²) in [5.74, 6) is 0.637. The van der Waals surface area contributed by atoms with Crippen molar-refractivity contribution in [2.24, 2.45) is 5.92 Å². The molecule has 0 radical (unpaired) electrons. The molecule has 2 aromatic rings. The molecule has 1 saturated heterocycles. The average Bonchev–Trinajstić information content (AvgIpc) is 2.73. The van der Waals surface area contributed by atoms with E-state index in [4.69, 9.17) is 0 Å². The Morgan fingerprint density at radius 3 is 2.41 bits per heavy atom. The van der Waals surface area contributed by atoms with Gasteiger partial charge < -0.3 is 10.6 Å². The molecule has 0 bridgehead atoms. The lowest BCUT2D eigenvalue weighted by Crippen LogP contribution is -2.33. The smallest absolute Gasteiger partial charge is 0.220 e. The van der Waals surface area contributed by atoms with Crippen LogP contribution in [0.5, 0.6) is 0 Å². The van der Waals surface area contributed by atoms with Gasteiger partial charge in [0, 0.05) is 24.9 Å². The molecular formula is C23H28N2O2. The highest BCUT2D eigenvalue weighted by Crippen LogP contribution is 2.20. The lowest BCUT2D eigenvalue weighted by atomic mass is 9.96. The largest absolute Gasteiger partial charge is 0.356 e. The van der Waals surface area contributed by atoms with Crippen molar-refractivity contribution >= 4 is 11.7 Å². The summed E-state index contributed by atoms with van der Waals surface area (Å²) >= 11 is 0. The van der Waals surface area contributed by atoms with Crippen molar-refractivity contribution < 1.29 is 9.59 Å². The molecule has 2 aromatic carbocycles. The van der Waals surface area contributed by atoms with Gasteiger partial charge in [0.25, 0.3) is 0 Å². The van der Waals surface area contributed by atoms with Gasteiger partial charge in [0.15, 0.2) is 5.78 Å². The first-order chi connectivity index (χ1) is 13.2. The summed E-state index contributed by atoms with van der Waals surface area (Å²) in [7, 11) is 0. The monoisotopic (exact) mass is 364 g/mol. The molecule has 0 aromatic heterocycles. The average molecular weight is 364 g/mol. The van der Waals surface area contributed by atoms with Crippen LogP contribution in [0.4, 0.5) is 0 Å². The Hall–Kier alpha value is -2.46. The minimum Gasteiger partial charge on any atom is -0.356 e. The van der Waals surface area contributed by atoms with E-state index in [1.807, 2.05) is 54.6 Å². The third-order valence-corrected chi connectivity index (χ3v) is 5.17. The molecular weight excluding hydrogens is 336 g/mol. The summed E-state index contributed by atoms with van der Waals surface area (Å²) < 4.78 is 0. The zero-order valence-electron chi connectivity index (χ0n) is 15.7. The summed E-state index contributed by atoms with van der Waals surface area (Å²) in [6, 6.07) is 17.7. The van der Waals surface area contributed by atoms with E-state index in [0.29, 0.717) is 18.0 Å². The molecule has 0 saturated carbocycles. The Balaban J connectivity index is 1.40. The van der Waals surface area contributed by atoms with Crippen molar-refractivity contribution in [3.63, 3.8) is 0 Å². The molecule has 1 amide bonds. The topological polar surface area (TPSA) is 58.2 Å². The first kappa shape index (κ1) is 19.3. The molecule has 1 atom stereocenters. The van der Waals surface area contributed by atoms with Gasteiger partial charge in [-0.15, -0.1) is 0 Å². The fraction of sp³-hybridized carbons (Fsp3) is 0.391. The molecule has 4 heteroatoms. The van der Waals surface area contributed by atoms with Crippen molar-refractivity contribution in [2.75, 3.05) is 19.6 Å². The second kappa shape index (κ2) is 10.0. The molecule has 1 aliphatic rings. The summed E-state index contributed by atoms with van der Waals surface area (Å²) in [5, 5.41) is 6.34. The number of piperidine rings is 1. The van der Waals surface area contributed by atoms with Crippen molar-refractivity contribution in [1.29, 1.82) is 0 Å². The van der Waals surface area contributed by atoms with Crippen LogP contribution in [0, 0.1) is 5.92 Å². The Kier molecular flexibility index (Phi) is 7.17. The van der Waals surface area contributed by atoms with Gasteiger partial charge in [0.2, 0.25) is 5.91 Å². The second-order valence-corrected chi connectivity index (χ2v) is 7.22. The molecule has 0 aliphatic carbocycles. The van der Waals surface area contributed by atoms with Crippen LogP contribution in [0.15, 0.2) is 54.6 Å². The van der Waals surface area contributed by atoms with Crippen LogP contribution in [0.2, 0.25) is 0 Å². The maximum absolute atomic E-state index is 12.3. The minimum atomic E-state index is -0.0342. The third kappa shape index (κ3) is 6.04. The first-order valence-corrected chi connectivity index (χ1v) is 9.88. The zero-order chi connectivity index (χ0) is 18.9. The quantitative estimate of drug-likeness (QED) is 0.700. The second-order valence-electron chi connectivity index (χ2n) is 7.22. The van der Waals surface area contributed by atoms with Gasteiger partial charge in [-0.2, -0.15) is 0 Å². The van der Waals surface area contributed by atoms with Gasteiger partial charge in [0.1, 0.15) is 0 Å². The van der Waals surface area contributed by atoms with E-state index in [2.05, 4.69) is 10.6 Å². The zero-order valence-corrected chi connectivity index (χ0v) is 15.7. The number of benzene rings is 2. The van der Waals surface area contributed by atoms with Crippen LogP contribution in [0.1, 0.15) is 42.5 Å². The summed E-state index contributed by atoms with van der Waals surface area (Å²) in [5.41, 5.74) is 2.88. The highest BCUT2D eigenvalue weighted by atomic mass is 16.2. The molecule has 1 fully saturated rings. The summed E-state index contributed by atoms with van der Waals surface area (Å²) in [4.78, 5) is 24.3. The van der Waals surface area contributed by atoms with Crippen LogP contribution in [-0.4, -0.2) is 31.3 Å². The van der Waals surface area contributed by atoms with Crippen LogP contribution >= 0.6 is 0 Å². The SMILES string of the molecule is O=C(CCC(=O)c1ccc(-c2ccccc2)cc1)NCCC1CCCNC1. The molecule has 0 spiro atoms. The maximum Gasteiger partial charge on any atom is 0.220 e. The van der Waals surface area contributed by atoms with Crippen LogP contribution < -0.4 is 10.6 Å². The van der Waals surface area contributed by atoms with Crippen LogP contribution in [0.25, 0.3) is 11.1 Å². The van der Waals surface area contributed by atoms with E-state index in [-0.39, 0.29) is 24.5 Å². The fourth-order valence-corrected chi connectivity index (χ4v) is 3.53. The maximum atomic E-state index is 12.3. The standard InChI is InChI=1S/C23H28N2O2/c26-22(12-13-23(27)25-16-14-18-5-4-15-24-17-18)21-10-8-20(9-11-21)19-6-2-1-3-7-19/h1-3,6-11,18,24H,4-5,12-17H2,(H,25,27). The number of carbonyl (C=O) groups excluding carboxylic acids is 2. The number of hydrogen-bond acceptors (Lipinski definition) is 3. The van der Waals surface area contributed by atoms with Gasteiger partial charge in [-0.05, 0) is 49.4 Å². The molecule has 4 nitrogen and oxygen atoms in total. The Morgan fingerprint density at radius 1 is 0.963 bits per heavy atom. The van der Waals surface area contributed by atoms with Crippen molar-refractivity contribution in [3.8, 4) is 11.1 Å². The highest BCUT2D eigenvalue weighted by molar-refractivity contribution is 5.98. The van der Waals surface area contributed by atoms with Gasteiger partial charge in [-0.25, -0.2) is 0 Å². The Bertz CT molecular complexity index is 735. The molecule has 1 heterocycles. The molecule has 1 aliphatic heterocycles. The van der Waals surface area contributed by atoms with E-state index in [9.17, 15) is 9.59 Å². The summed E-state index contributed by atoms with van der Waals surface area (Å²) in [6.45, 7) is 2.86. The predicted octanol–water partition coefficient (Wildman–Crippen LogP) is 3.82. The molecule has 142 valence electrons. The number of carbonyl (C=O) groups is 2. The minimum absolute atomic E-state index is 0.0150.